The molecule has 8 aromatic rings. The Labute approximate surface area is 306 Å². The highest BCUT2D eigenvalue weighted by Crippen LogP contribution is 2.62. The molecule has 53 heavy (non-hydrogen) atoms. The second-order valence-corrected chi connectivity index (χ2v) is 13.5. The van der Waals surface area contributed by atoms with E-state index < -0.39 is 5.41 Å². The zero-order valence-electron chi connectivity index (χ0n) is 28.4. The van der Waals surface area contributed by atoms with Gasteiger partial charge in [-0.3, -0.25) is 4.90 Å². The summed E-state index contributed by atoms with van der Waals surface area (Å²) in [4.78, 5) is 6.84. The molecule has 1 spiro atoms. The lowest BCUT2D eigenvalue weighted by Crippen LogP contribution is -2.36. The lowest BCUT2D eigenvalue weighted by molar-refractivity contribution is 0.399. The molecule has 0 amide bonds. The molecule has 0 aliphatic carbocycles. The monoisotopic (exact) mass is 682 g/mol. The number of aromatic nitrogens is 1. The summed E-state index contributed by atoms with van der Waals surface area (Å²) in [7, 11) is 0. The van der Waals surface area contributed by atoms with Crippen LogP contribution in [0.25, 0.3) is 22.3 Å². The number of ether oxygens (including phenoxy) is 3. The first kappa shape index (κ1) is 29.6. The van der Waals surface area contributed by atoms with Gasteiger partial charge in [-0.15, -0.1) is 0 Å². The van der Waals surface area contributed by atoms with Gasteiger partial charge in [-0.05, 0) is 82.9 Å². The summed E-state index contributed by atoms with van der Waals surface area (Å²) in [5.74, 6) is 5.52. The molecule has 0 saturated heterocycles. The molecule has 11 rings (SSSR count). The molecule has 4 heterocycles. The van der Waals surface area contributed by atoms with E-state index >= 15 is 0 Å². The molecule has 0 bridgehead atoms. The number of nitrogens with zero attached hydrogens (tertiary/aromatic N) is 2. The molecule has 0 saturated carbocycles. The first-order chi connectivity index (χ1) is 26.3. The van der Waals surface area contributed by atoms with Crippen LogP contribution in [-0.4, -0.2) is 4.98 Å². The minimum atomic E-state index is -0.673. The average Bonchev–Trinajstić information content (AvgIpc) is 3.22. The van der Waals surface area contributed by atoms with E-state index in [0.717, 1.165) is 90.4 Å². The number of pyridine rings is 1. The van der Waals surface area contributed by atoms with Crippen molar-refractivity contribution >= 4 is 17.2 Å². The van der Waals surface area contributed by atoms with E-state index in [1.54, 1.807) is 6.20 Å². The fourth-order valence-corrected chi connectivity index (χ4v) is 8.32. The molecule has 0 radical (unpaired) electrons. The van der Waals surface area contributed by atoms with Gasteiger partial charge in [-0.2, -0.15) is 0 Å². The number of hydrogen-bond acceptors (Lipinski definition) is 5. The maximum absolute atomic E-state index is 6.84. The van der Waals surface area contributed by atoms with Crippen molar-refractivity contribution in [3.63, 3.8) is 0 Å². The molecule has 3 aliphatic rings. The second-order valence-electron chi connectivity index (χ2n) is 13.5. The normalized spacial score (nSPS) is 15.7. The molecular formula is C48H30N2O3. The molecule has 250 valence electrons. The van der Waals surface area contributed by atoms with Crippen LogP contribution in [0.3, 0.4) is 0 Å². The second kappa shape index (κ2) is 11.5. The van der Waals surface area contributed by atoms with E-state index in [2.05, 4.69) is 132 Å². The first-order valence-corrected chi connectivity index (χ1v) is 17.8. The lowest BCUT2D eigenvalue weighted by Gasteiger charge is -2.45. The van der Waals surface area contributed by atoms with Crippen molar-refractivity contribution in [3.8, 4) is 56.8 Å². The van der Waals surface area contributed by atoms with Gasteiger partial charge < -0.3 is 14.2 Å². The maximum Gasteiger partial charge on any atom is 0.181 e. The molecule has 7 aromatic carbocycles. The molecule has 1 aromatic heterocycles. The SMILES string of the molecule is c1ccc(-c2ccc3c(c2)Oc2ccccc2C32c3ccccc3Oc3cc(-c4ccc5c(c4)Oc4cccnc4N5c4ccccc4)ccc32)cc1. The van der Waals surface area contributed by atoms with E-state index in [4.69, 9.17) is 19.2 Å². The molecule has 3 aliphatic heterocycles. The Kier molecular flexibility index (Phi) is 6.40. The van der Waals surface area contributed by atoms with Crippen LogP contribution in [0.5, 0.6) is 34.5 Å². The highest BCUT2D eigenvalue weighted by atomic mass is 16.5. The minimum absolute atomic E-state index is 0.673. The van der Waals surface area contributed by atoms with E-state index in [-0.39, 0.29) is 0 Å². The Hall–Kier alpha value is -7.11. The van der Waals surface area contributed by atoms with Crippen LogP contribution >= 0.6 is 0 Å². The Bertz CT molecular complexity index is 2720. The molecule has 0 N–H and O–H groups in total. The topological polar surface area (TPSA) is 43.8 Å². The number of anilines is 3. The molecule has 1 atom stereocenters. The molecule has 1 unspecified atom stereocenters. The van der Waals surface area contributed by atoms with E-state index in [1.807, 2.05) is 48.5 Å². The van der Waals surface area contributed by atoms with Crippen molar-refractivity contribution in [1.82, 2.24) is 4.98 Å². The van der Waals surface area contributed by atoms with Gasteiger partial charge in [0.2, 0.25) is 0 Å². The maximum atomic E-state index is 6.84. The third-order valence-corrected chi connectivity index (χ3v) is 10.6. The highest BCUT2D eigenvalue weighted by molar-refractivity contribution is 5.87. The average molecular weight is 683 g/mol. The van der Waals surface area contributed by atoms with E-state index in [0.29, 0.717) is 5.75 Å². The number of benzene rings is 7. The Morgan fingerprint density at radius 3 is 1.53 bits per heavy atom. The quantitative estimate of drug-likeness (QED) is 0.186. The zero-order valence-corrected chi connectivity index (χ0v) is 28.4. The minimum Gasteiger partial charge on any atom is -0.457 e. The fourth-order valence-electron chi connectivity index (χ4n) is 8.32. The van der Waals surface area contributed by atoms with Gasteiger partial charge in [-0.25, -0.2) is 4.98 Å². The smallest absolute Gasteiger partial charge is 0.181 e. The summed E-state index contributed by atoms with van der Waals surface area (Å²) < 4.78 is 20.1. The van der Waals surface area contributed by atoms with Crippen LogP contribution in [0.15, 0.2) is 182 Å². The summed E-state index contributed by atoms with van der Waals surface area (Å²) in [6, 6.07) is 61.0. The molecule has 0 fully saturated rings. The fraction of sp³-hybridized carbons (Fsp3) is 0.0208. The van der Waals surface area contributed by atoms with Crippen molar-refractivity contribution in [3.05, 3.63) is 204 Å². The number of rotatable bonds is 3. The largest absolute Gasteiger partial charge is 0.457 e. The number of hydrogen-bond donors (Lipinski definition) is 0. The van der Waals surface area contributed by atoms with Gasteiger partial charge >= 0.3 is 0 Å². The van der Waals surface area contributed by atoms with Crippen molar-refractivity contribution in [2.45, 2.75) is 5.41 Å². The third-order valence-electron chi connectivity index (χ3n) is 10.6. The predicted octanol–water partition coefficient (Wildman–Crippen LogP) is 12.6. The van der Waals surface area contributed by atoms with Crippen LogP contribution in [0.4, 0.5) is 17.2 Å². The van der Waals surface area contributed by atoms with Crippen molar-refractivity contribution < 1.29 is 14.2 Å². The lowest BCUT2D eigenvalue weighted by atomic mass is 9.62. The van der Waals surface area contributed by atoms with Gasteiger partial charge in [0.25, 0.3) is 0 Å². The van der Waals surface area contributed by atoms with Gasteiger partial charge in [-0.1, -0.05) is 115 Å². The van der Waals surface area contributed by atoms with Crippen LogP contribution in [0.1, 0.15) is 22.3 Å². The van der Waals surface area contributed by atoms with Crippen LogP contribution in [0.2, 0.25) is 0 Å². The predicted molar refractivity (Wildman–Crippen MR) is 208 cm³/mol. The summed E-state index contributed by atoms with van der Waals surface area (Å²) in [6.07, 6.45) is 1.80. The van der Waals surface area contributed by atoms with Gasteiger partial charge in [0.15, 0.2) is 17.3 Å². The van der Waals surface area contributed by atoms with Gasteiger partial charge in [0, 0.05) is 34.1 Å². The van der Waals surface area contributed by atoms with Crippen LogP contribution in [-0.2, 0) is 5.41 Å². The molecular weight excluding hydrogens is 653 g/mol. The third kappa shape index (κ3) is 4.41. The van der Waals surface area contributed by atoms with E-state index in [1.165, 1.54) is 0 Å². The Balaban J connectivity index is 1.08. The van der Waals surface area contributed by atoms with Crippen LogP contribution in [0, 0.1) is 0 Å². The number of fused-ring (bicyclic) bond motifs is 10. The molecule has 5 nitrogen and oxygen atoms in total. The van der Waals surface area contributed by atoms with Crippen molar-refractivity contribution in [2.24, 2.45) is 0 Å². The zero-order chi connectivity index (χ0) is 34.9. The first-order valence-electron chi connectivity index (χ1n) is 17.8. The van der Waals surface area contributed by atoms with Crippen molar-refractivity contribution in [1.29, 1.82) is 0 Å². The molecule has 5 heteroatoms. The van der Waals surface area contributed by atoms with Gasteiger partial charge in [0.05, 0.1) is 11.1 Å². The Morgan fingerprint density at radius 1 is 0.377 bits per heavy atom. The summed E-state index contributed by atoms with van der Waals surface area (Å²) >= 11 is 0. The summed E-state index contributed by atoms with van der Waals surface area (Å²) in [6.45, 7) is 0. The summed E-state index contributed by atoms with van der Waals surface area (Å²) in [5, 5.41) is 0. The highest BCUT2D eigenvalue weighted by Gasteiger charge is 2.50. The number of para-hydroxylation sites is 3. The standard InChI is InChI=1S/C48H30N2O3/c1-3-12-31(13-4-1)32-21-24-38-44(28-32)51-41-18-9-7-16-36(41)48(38)37-17-8-10-19-42(37)52-45-29-33(22-25-39(45)48)34-23-26-40-46(30-34)53-43-20-11-27-49-47(43)50(40)35-14-5-2-6-15-35/h1-30H. The summed E-state index contributed by atoms with van der Waals surface area (Å²) in [5.41, 5.74) is 9.87. The van der Waals surface area contributed by atoms with Crippen LogP contribution < -0.4 is 19.1 Å². The Morgan fingerprint density at radius 2 is 0.868 bits per heavy atom. The van der Waals surface area contributed by atoms with E-state index in [9.17, 15) is 0 Å². The van der Waals surface area contributed by atoms with Crippen molar-refractivity contribution in [2.75, 3.05) is 4.90 Å². The van der Waals surface area contributed by atoms with Gasteiger partial charge in [0.1, 0.15) is 23.0 Å².